The van der Waals surface area contributed by atoms with Crippen LogP contribution in [0.3, 0.4) is 0 Å². The first-order chi connectivity index (χ1) is 6.92. The van der Waals surface area contributed by atoms with Gasteiger partial charge in [-0.25, -0.2) is 10.2 Å². The number of aldehydes is 1. The Balaban J connectivity index is 2.45. The Labute approximate surface area is 92.8 Å². The van der Waals surface area contributed by atoms with Gasteiger partial charge in [0.15, 0.2) is 6.29 Å². The van der Waals surface area contributed by atoms with Crippen LogP contribution in [0.1, 0.15) is 20.8 Å². The fourth-order valence-electron chi connectivity index (χ4n) is 0.935. The van der Waals surface area contributed by atoms with Gasteiger partial charge in [-0.3, -0.25) is 9.80 Å². The van der Waals surface area contributed by atoms with E-state index < -0.39 is 11.7 Å². The van der Waals surface area contributed by atoms with Crippen LogP contribution in [0.25, 0.3) is 0 Å². The fraction of sp³-hybridized carbons (Fsp3) is 0.556. The Morgan fingerprint density at radius 2 is 2.33 bits per heavy atom. The van der Waals surface area contributed by atoms with Crippen LogP contribution in [0.5, 0.6) is 0 Å². The number of amides is 1. The lowest BCUT2D eigenvalue weighted by molar-refractivity contribution is -0.106. The van der Waals surface area contributed by atoms with Crippen molar-refractivity contribution >= 4 is 24.1 Å². The summed E-state index contributed by atoms with van der Waals surface area (Å²) in [4.78, 5) is 21.9. The Morgan fingerprint density at radius 3 is 2.87 bits per heavy atom. The van der Waals surface area contributed by atoms with Crippen LogP contribution < -0.4 is 5.43 Å². The molecule has 0 spiro atoms. The smallest absolute Gasteiger partial charge is 0.426 e. The third-order valence-electron chi connectivity index (χ3n) is 1.47. The molecule has 1 aliphatic rings. The highest BCUT2D eigenvalue weighted by molar-refractivity contribution is 8.02. The van der Waals surface area contributed by atoms with Crippen LogP contribution in [0.15, 0.2) is 11.1 Å². The second kappa shape index (κ2) is 4.57. The molecule has 15 heavy (non-hydrogen) atoms. The van der Waals surface area contributed by atoms with Crippen molar-refractivity contribution in [1.82, 2.24) is 10.4 Å². The molecule has 84 valence electrons. The molecular weight excluding hydrogens is 216 g/mol. The number of carbonyl (C=O) groups excluding carboxylic acids is 2. The van der Waals surface area contributed by atoms with E-state index in [4.69, 9.17) is 4.74 Å². The second-order valence-corrected chi connectivity index (χ2v) is 4.83. The third kappa shape index (κ3) is 3.83. The number of nitrogens with one attached hydrogen (secondary N) is 1. The van der Waals surface area contributed by atoms with Gasteiger partial charge in [-0.1, -0.05) is 0 Å². The van der Waals surface area contributed by atoms with E-state index in [1.807, 2.05) is 0 Å². The molecule has 1 aliphatic heterocycles. The van der Waals surface area contributed by atoms with Gasteiger partial charge in [0.2, 0.25) is 0 Å². The molecule has 0 aromatic rings. The molecule has 1 heterocycles. The van der Waals surface area contributed by atoms with Crippen LogP contribution in [0, 0.1) is 0 Å². The molecule has 0 aromatic carbocycles. The highest BCUT2D eigenvalue weighted by Gasteiger charge is 2.21. The molecule has 0 bridgehead atoms. The van der Waals surface area contributed by atoms with E-state index in [0.717, 1.165) is 0 Å². The molecule has 0 aromatic heterocycles. The number of hydrogen-bond acceptors (Lipinski definition) is 5. The van der Waals surface area contributed by atoms with Crippen LogP contribution in [-0.2, 0) is 9.53 Å². The topological polar surface area (TPSA) is 58.6 Å². The highest BCUT2D eigenvalue weighted by Crippen LogP contribution is 2.19. The number of nitrogens with zero attached hydrogens (tertiary/aromatic N) is 1. The summed E-state index contributed by atoms with van der Waals surface area (Å²) in [5, 5.41) is 3.14. The summed E-state index contributed by atoms with van der Waals surface area (Å²) in [6.45, 7) is 5.34. The van der Waals surface area contributed by atoms with Crippen molar-refractivity contribution in [2.45, 2.75) is 26.4 Å². The van der Waals surface area contributed by atoms with Crippen molar-refractivity contribution < 1.29 is 14.3 Å². The van der Waals surface area contributed by atoms with Gasteiger partial charge in [0, 0.05) is 5.41 Å². The van der Waals surface area contributed by atoms with Gasteiger partial charge < -0.3 is 4.74 Å². The van der Waals surface area contributed by atoms with E-state index in [-0.39, 0.29) is 0 Å². The monoisotopic (exact) mass is 230 g/mol. The Bertz CT molecular complexity index is 296. The summed E-state index contributed by atoms with van der Waals surface area (Å²) in [7, 11) is 0. The zero-order chi connectivity index (χ0) is 11.5. The van der Waals surface area contributed by atoms with Crippen molar-refractivity contribution in [2.75, 3.05) is 5.88 Å². The normalized spacial score (nSPS) is 15.9. The van der Waals surface area contributed by atoms with Crippen molar-refractivity contribution in [3.05, 3.63) is 11.1 Å². The van der Waals surface area contributed by atoms with Gasteiger partial charge >= 0.3 is 6.09 Å². The van der Waals surface area contributed by atoms with Crippen LogP contribution in [-0.4, -0.2) is 28.9 Å². The van der Waals surface area contributed by atoms with Crippen molar-refractivity contribution in [1.29, 1.82) is 0 Å². The summed E-state index contributed by atoms with van der Waals surface area (Å²) in [6.07, 6.45) is 0.134. The maximum absolute atomic E-state index is 11.3. The zero-order valence-electron chi connectivity index (χ0n) is 8.94. The second-order valence-electron chi connectivity index (χ2n) is 4.00. The fourth-order valence-corrected chi connectivity index (χ4v) is 1.73. The van der Waals surface area contributed by atoms with E-state index in [0.29, 0.717) is 17.9 Å². The number of hydrogen-bond donors (Lipinski definition) is 1. The minimum Gasteiger partial charge on any atom is -0.443 e. The van der Waals surface area contributed by atoms with Gasteiger partial charge in [-0.05, 0) is 20.8 Å². The summed E-state index contributed by atoms with van der Waals surface area (Å²) in [6, 6.07) is 0. The van der Waals surface area contributed by atoms with E-state index >= 15 is 0 Å². The Kier molecular flexibility index (Phi) is 3.62. The van der Waals surface area contributed by atoms with Crippen LogP contribution >= 0.6 is 11.8 Å². The molecule has 1 N–H and O–H groups in total. The van der Waals surface area contributed by atoms with E-state index in [1.165, 1.54) is 16.8 Å². The number of ether oxygens (including phenoxy) is 1. The third-order valence-corrected chi connectivity index (χ3v) is 2.28. The van der Waals surface area contributed by atoms with Crippen LogP contribution in [0.4, 0.5) is 4.79 Å². The average Bonchev–Trinajstić information content (AvgIpc) is 2.48. The molecular formula is C9H14N2O3S. The molecule has 0 saturated carbocycles. The molecule has 0 unspecified atom stereocenters. The van der Waals surface area contributed by atoms with E-state index in [2.05, 4.69) is 5.43 Å². The number of rotatable bonds is 2. The lowest BCUT2D eigenvalue weighted by Gasteiger charge is -2.24. The maximum Gasteiger partial charge on any atom is 0.426 e. The average molecular weight is 230 g/mol. The first-order valence-corrected chi connectivity index (χ1v) is 5.51. The minimum absolute atomic E-state index is 0.436. The van der Waals surface area contributed by atoms with Gasteiger partial charge in [-0.2, -0.15) is 0 Å². The number of hydrazine groups is 1. The zero-order valence-corrected chi connectivity index (χ0v) is 9.76. The van der Waals surface area contributed by atoms with E-state index in [1.54, 1.807) is 26.2 Å². The van der Waals surface area contributed by atoms with Gasteiger partial charge in [0.1, 0.15) is 11.3 Å². The molecule has 1 rings (SSSR count). The van der Waals surface area contributed by atoms with Crippen molar-refractivity contribution in [2.24, 2.45) is 0 Å². The summed E-state index contributed by atoms with van der Waals surface area (Å²) in [5.74, 6) is 0.521. The lowest BCUT2D eigenvalue weighted by atomic mass is 10.2. The summed E-state index contributed by atoms with van der Waals surface area (Å²) < 4.78 is 5.05. The molecule has 0 saturated heterocycles. The number of allylic oxidation sites excluding steroid dienone is 1. The molecule has 6 heteroatoms. The molecule has 5 nitrogen and oxygen atoms in total. The van der Waals surface area contributed by atoms with Crippen molar-refractivity contribution in [3.63, 3.8) is 0 Å². The van der Waals surface area contributed by atoms with E-state index in [9.17, 15) is 9.59 Å². The first kappa shape index (κ1) is 11.9. The summed E-state index contributed by atoms with van der Waals surface area (Å²) in [5.41, 5.74) is 2.38. The quantitative estimate of drug-likeness (QED) is 0.728. The summed E-state index contributed by atoms with van der Waals surface area (Å²) >= 11 is 1.44. The van der Waals surface area contributed by atoms with Gasteiger partial charge in [-0.15, -0.1) is 11.8 Å². The molecule has 0 fully saturated rings. The number of carbonyl (C=O) groups is 2. The predicted octanol–water partition coefficient (Wildman–Crippen LogP) is 1.47. The number of thioether (sulfide) groups is 1. The maximum atomic E-state index is 11.3. The Morgan fingerprint density at radius 1 is 1.67 bits per heavy atom. The predicted molar refractivity (Wildman–Crippen MR) is 57.8 cm³/mol. The molecule has 0 radical (unpaired) electrons. The molecule has 0 atom stereocenters. The first-order valence-electron chi connectivity index (χ1n) is 4.46. The lowest BCUT2D eigenvalue weighted by Crippen LogP contribution is -2.42. The van der Waals surface area contributed by atoms with Gasteiger partial charge in [0.05, 0.1) is 5.88 Å². The Hall–Kier alpha value is -1.17. The SMILES string of the molecule is CC(C)(C)OC(=O)NN1CSC=C1C=O. The van der Waals surface area contributed by atoms with Crippen molar-refractivity contribution in [3.8, 4) is 0 Å². The minimum atomic E-state index is -0.558. The molecule has 1 amide bonds. The standard InChI is InChI=1S/C9H14N2O3S/c1-9(2,3)14-8(13)10-11-6-15-5-7(11)4-12/h4-5H,6H2,1-3H3,(H,10,13). The molecule has 0 aliphatic carbocycles. The van der Waals surface area contributed by atoms with Crippen LogP contribution in [0.2, 0.25) is 0 Å². The highest BCUT2D eigenvalue weighted by atomic mass is 32.2. The largest absolute Gasteiger partial charge is 0.443 e. The van der Waals surface area contributed by atoms with Gasteiger partial charge in [0.25, 0.3) is 0 Å².